The van der Waals surface area contributed by atoms with Crippen molar-refractivity contribution in [1.82, 2.24) is 4.98 Å². The van der Waals surface area contributed by atoms with E-state index < -0.39 is 0 Å². The molecule has 2 heterocycles. The van der Waals surface area contributed by atoms with E-state index in [1.807, 2.05) is 30.3 Å². The van der Waals surface area contributed by atoms with Gasteiger partial charge in [0, 0.05) is 22.8 Å². The number of carbonyl (C=O) groups excluding carboxylic acids is 1. The number of aromatic nitrogens is 1. The van der Waals surface area contributed by atoms with Crippen molar-refractivity contribution in [1.29, 1.82) is 0 Å². The number of hydrogen-bond acceptors (Lipinski definition) is 7. The number of anilines is 2. The van der Waals surface area contributed by atoms with E-state index in [0.717, 1.165) is 46.3 Å². The van der Waals surface area contributed by atoms with Crippen LogP contribution in [0.1, 0.15) is 33.9 Å². The van der Waals surface area contributed by atoms with Gasteiger partial charge in [0.2, 0.25) is 0 Å². The summed E-state index contributed by atoms with van der Waals surface area (Å²) in [7, 11) is 1.36. The largest absolute Gasteiger partial charge is 0.465 e. The molecule has 7 nitrogen and oxygen atoms in total. The van der Waals surface area contributed by atoms with Crippen LogP contribution in [0.4, 0.5) is 11.4 Å². The number of ether oxygens (including phenoxy) is 1. The van der Waals surface area contributed by atoms with Gasteiger partial charge in [0.25, 0.3) is 0 Å². The molecule has 0 radical (unpaired) electrons. The average Bonchev–Trinajstić information content (AvgIpc) is 3.40. The van der Waals surface area contributed by atoms with Crippen molar-refractivity contribution < 1.29 is 13.9 Å². The van der Waals surface area contributed by atoms with E-state index in [1.165, 1.54) is 7.11 Å². The van der Waals surface area contributed by atoms with Gasteiger partial charge in [0.15, 0.2) is 11.3 Å². The zero-order valence-corrected chi connectivity index (χ0v) is 16.8. The Labute approximate surface area is 178 Å². The second kappa shape index (κ2) is 7.68. The molecule has 0 amide bonds. The van der Waals surface area contributed by atoms with Crippen LogP contribution in [0.25, 0.3) is 22.3 Å². The first-order valence-corrected chi connectivity index (χ1v) is 9.95. The molecule has 0 saturated carbocycles. The minimum Gasteiger partial charge on any atom is -0.465 e. The lowest BCUT2D eigenvalue weighted by atomic mass is 10.1. The normalized spacial score (nSPS) is 14.9. The van der Waals surface area contributed by atoms with Crippen molar-refractivity contribution in [2.45, 2.75) is 18.9 Å². The van der Waals surface area contributed by atoms with Crippen molar-refractivity contribution in [2.75, 3.05) is 12.4 Å². The van der Waals surface area contributed by atoms with Crippen molar-refractivity contribution in [3.63, 3.8) is 0 Å². The van der Waals surface area contributed by atoms with Crippen LogP contribution in [0.5, 0.6) is 0 Å². The van der Waals surface area contributed by atoms with Crippen molar-refractivity contribution >= 4 is 28.3 Å². The molecule has 1 unspecified atom stereocenters. The lowest BCUT2D eigenvalue weighted by Gasteiger charge is -2.10. The number of furan rings is 1. The van der Waals surface area contributed by atoms with Crippen LogP contribution in [0.15, 0.2) is 70.5 Å². The van der Waals surface area contributed by atoms with Gasteiger partial charge in [-0.15, -0.1) is 0 Å². The first-order valence-electron chi connectivity index (χ1n) is 9.95. The number of hydrogen-bond donors (Lipinski definition) is 1. The molecule has 1 aliphatic carbocycles. The molecule has 1 N–H and O–H groups in total. The van der Waals surface area contributed by atoms with Gasteiger partial charge in [-0.25, -0.2) is 4.79 Å². The van der Waals surface area contributed by atoms with Crippen LogP contribution >= 0.6 is 0 Å². The van der Waals surface area contributed by atoms with Crippen LogP contribution < -0.4 is 5.32 Å². The highest BCUT2D eigenvalue weighted by Gasteiger charge is 2.24. The number of carbonyl (C=O) groups is 1. The summed E-state index contributed by atoms with van der Waals surface area (Å²) in [6.45, 7) is 0. The van der Waals surface area contributed by atoms with Gasteiger partial charge in [-0.05, 0) is 54.3 Å². The van der Waals surface area contributed by atoms with Gasteiger partial charge in [-0.3, -0.25) is 4.98 Å². The number of aryl methyl sites for hydroxylation is 1. The maximum absolute atomic E-state index is 11.8. The van der Waals surface area contributed by atoms with Gasteiger partial charge in [-0.1, -0.05) is 23.4 Å². The molecule has 0 bridgehead atoms. The highest BCUT2D eigenvalue weighted by Crippen LogP contribution is 2.41. The number of nitroso groups, excluding NO2 is 1. The van der Waals surface area contributed by atoms with Gasteiger partial charge in [0.05, 0.1) is 24.6 Å². The fraction of sp³-hybridized carbons (Fsp3) is 0.167. The smallest absolute Gasteiger partial charge is 0.337 e. The van der Waals surface area contributed by atoms with Crippen molar-refractivity contribution in [3.05, 3.63) is 82.5 Å². The standard InChI is InChI=1S/C24H19N3O4/c1-30-24(28)15-4-2-14(3-5-15)23-22(19-10-11-25-13-21(19)31-23)26-17-7-8-18-16(12-17)6-9-20(18)27-29/h2-5,7-8,10-13,20,26H,6,9H2,1H3. The molecule has 0 aliphatic heterocycles. The number of esters is 1. The van der Waals surface area contributed by atoms with Gasteiger partial charge >= 0.3 is 5.97 Å². The summed E-state index contributed by atoms with van der Waals surface area (Å²) in [6.07, 6.45) is 4.98. The Morgan fingerprint density at radius 2 is 2.03 bits per heavy atom. The van der Waals surface area contributed by atoms with E-state index in [4.69, 9.17) is 9.15 Å². The molecule has 0 spiro atoms. The highest BCUT2D eigenvalue weighted by atomic mass is 16.5. The summed E-state index contributed by atoms with van der Waals surface area (Å²) >= 11 is 0. The minimum absolute atomic E-state index is 0.256. The topological polar surface area (TPSA) is 93.8 Å². The SMILES string of the molecule is COC(=O)c1ccc(-c2oc3cnccc3c2Nc2ccc3c(c2)CCC3N=O)cc1. The number of rotatable bonds is 5. The summed E-state index contributed by atoms with van der Waals surface area (Å²) in [5.41, 5.74) is 5.79. The second-order valence-corrected chi connectivity index (χ2v) is 7.45. The Balaban J connectivity index is 1.56. The van der Waals surface area contributed by atoms with Gasteiger partial charge < -0.3 is 14.5 Å². The number of pyridine rings is 1. The first-order chi connectivity index (χ1) is 15.2. The number of nitrogens with one attached hydrogen (secondary N) is 1. The predicted octanol–water partition coefficient (Wildman–Crippen LogP) is 5.78. The Morgan fingerprint density at radius 3 is 2.81 bits per heavy atom. The lowest BCUT2D eigenvalue weighted by molar-refractivity contribution is 0.0600. The predicted molar refractivity (Wildman–Crippen MR) is 117 cm³/mol. The fourth-order valence-electron chi connectivity index (χ4n) is 4.08. The average molecular weight is 413 g/mol. The van der Waals surface area contributed by atoms with E-state index >= 15 is 0 Å². The van der Waals surface area contributed by atoms with Crippen molar-refractivity contribution in [2.24, 2.45) is 5.18 Å². The summed E-state index contributed by atoms with van der Waals surface area (Å²) in [5, 5.41) is 7.61. The Hall–Kier alpha value is -4.00. The number of methoxy groups -OCH3 is 1. The maximum atomic E-state index is 11.8. The van der Waals surface area contributed by atoms with Crippen LogP contribution in [-0.2, 0) is 11.2 Å². The van der Waals surface area contributed by atoms with E-state index in [0.29, 0.717) is 16.9 Å². The number of nitrogens with zero attached hydrogens (tertiary/aromatic N) is 2. The third kappa shape index (κ3) is 3.34. The molecule has 31 heavy (non-hydrogen) atoms. The minimum atomic E-state index is -0.389. The van der Waals surface area contributed by atoms with Crippen LogP contribution in [0.3, 0.4) is 0 Å². The molecule has 0 saturated heterocycles. The van der Waals surface area contributed by atoms with Crippen LogP contribution in [-0.4, -0.2) is 18.1 Å². The van der Waals surface area contributed by atoms with Gasteiger partial charge in [-0.2, -0.15) is 4.91 Å². The Kier molecular flexibility index (Phi) is 4.71. The van der Waals surface area contributed by atoms with E-state index in [9.17, 15) is 9.70 Å². The first kappa shape index (κ1) is 19.0. The quantitative estimate of drug-likeness (QED) is 0.329. The molecular weight excluding hydrogens is 394 g/mol. The van der Waals surface area contributed by atoms with E-state index in [2.05, 4.69) is 21.5 Å². The van der Waals surface area contributed by atoms with Gasteiger partial charge in [0.1, 0.15) is 6.04 Å². The van der Waals surface area contributed by atoms with Crippen LogP contribution in [0.2, 0.25) is 0 Å². The molecule has 154 valence electrons. The van der Waals surface area contributed by atoms with E-state index in [1.54, 1.807) is 24.5 Å². The summed E-state index contributed by atoms with van der Waals surface area (Å²) < 4.78 is 10.9. The molecular formula is C24H19N3O4. The molecule has 5 rings (SSSR count). The molecule has 0 fully saturated rings. The third-order valence-corrected chi connectivity index (χ3v) is 5.65. The zero-order valence-electron chi connectivity index (χ0n) is 16.8. The Morgan fingerprint density at radius 1 is 1.19 bits per heavy atom. The fourth-order valence-corrected chi connectivity index (χ4v) is 4.08. The molecule has 4 aromatic rings. The summed E-state index contributed by atoms with van der Waals surface area (Å²) in [6, 6.07) is 14.7. The number of benzene rings is 2. The molecule has 2 aromatic carbocycles. The summed E-state index contributed by atoms with van der Waals surface area (Å²) in [4.78, 5) is 26.9. The maximum Gasteiger partial charge on any atom is 0.337 e. The zero-order chi connectivity index (χ0) is 21.4. The molecule has 7 heteroatoms. The number of fused-ring (bicyclic) bond motifs is 2. The van der Waals surface area contributed by atoms with E-state index in [-0.39, 0.29) is 12.0 Å². The molecule has 1 atom stereocenters. The molecule has 1 aliphatic rings. The highest BCUT2D eigenvalue weighted by molar-refractivity contribution is 6.00. The molecule has 2 aromatic heterocycles. The second-order valence-electron chi connectivity index (χ2n) is 7.45. The van der Waals surface area contributed by atoms with Crippen LogP contribution in [0, 0.1) is 4.91 Å². The lowest BCUT2D eigenvalue weighted by Crippen LogP contribution is -2.00. The third-order valence-electron chi connectivity index (χ3n) is 5.65. The van der Waals surface area contributed by atoms with Crippen molar-refractivity contribution in [3.8, 4) is 11.3 Å². The summed E-state index contributed by atoms with van der Waals surface area (Å²) in [5.74, 6) is 0.257. The Bertz CT molecular complexity index is 1290. The monoisotopic (exact) mass is 413 g/mol.